The third-order valence-electron chi connectivity index (χ3n) is 4.28. The summed E-state index contributed by atoms with van der Waals surface area (Å²) in [5, 5.41) is 27.2. The number of hydrogen-bond donors (Lipinski definition) is 3. The van der Waals surface area contributed by atoms with E-state index in [1.165, 1.54) is 0 Å². The van der Waals surface area contributed by atoms with Gasteiger partial charge in [-0.2, -0.15) is 0 Å². The van der Waals surface area contributed by atoms with E-state index in [2.05, 4.69) is 15.5 Å². The van der Waals surface area contributed by atoms with Gasteiger partial charge >= 0.3 is 11.9 Å². The Bertz CT molecular complexity index is 1060. The lowest BCUT2D eigenvalue weighted by Crippen LogP contribution is -2.18. The zero-order valence-electron chi connectivity index (χ0n) is 16.5. The van der Waals surface area contributed by atoms with Gasteiger partial charge in [-0.05, 0) is 29.8 Å². The lowest BCUT2D eigenvalue weighted by atomic mass is 10.2. The fraction of sp³-hybridized carbons (Fsp3) is 0.300. The number of fused-ring (bicyclic) bond motifs is 2. The Labute approximate surface area is 182 Å². The highest BCUT2D eigenvalue weighted by Crippen LogP contribution is 2.37. The number of nitrogens with one attached hydrogen (secondary N) is 1. The highest BCUT2D eigenvalue weighted by molar-refractivity contribution is 6.32. The fourth-order valence-electron chi connectivity index (χ4n) is 2.88. The molecule has 0 spiro atoms. The minimum Gasteiger partial charge on any atom is -0.489 e. The zero-order chi connectivity index (χ0) is 22.2. The van der Waals surface area contributed by atoms with Gasteiger partial charge in [0.25, 0.3) is 0 Å². The number of carbonyl (C=O) groups is 2. The molecule has 0 atom stereocenters. The molecular formula is C20H21ClN4O6. The van der Waals surface area contributed by atoms with Crippen molar-refractivity contribution in [3.05, 3.63) is 52.9 Å². The van der Waals surface area contributed by atoms with Crippen LogP contribution in [0.1, 0.15) is 17.8 Å². The van der Waals surface area contributed by atoms with Gasteiger partial charge in [0.05, 0.1) is 18.2 Å². The van der Waals surface area contributed by atoms with Crippen LogP contribution < -0.4 is 14.8 Å². The van der Waals surface area contributed by atoms with Gasteiger partial charge in [0.2, 0.25) is 0 Å². The van der Waals surface area contributed by atoms with Crippen LogP contribution in [-0.4, -0.2) is 56.5 Å². The number of carboxylic acid groups (broad SMARTS) is 2. The van der Waals surface area contributed by atoms with Crippen molar-refractivity contribution in [3.63, 3.8) is 0 Å². The van der Waals surface area contributed by atoms with Crippen molar-refractivity contribution in [1.82, 2.24) is 19.9 Å². The fourth-order valence-corrected chi connectivity index (χ4v) is 3.17. The second kappa shape index (κ2) is 10.6. The third-order valence-corrected chi connectivity index (χ3v) is 4.56. The standard InChI is InChI=1S/C18H19ClN4O2.C2H2O4/c19-14-10-13(11-15-18(14)25-9-3-8-24-15)12-20-6-5-17-22-21-16-4-1-2-7-23(16)17;3-1(4)2(5)6/h1-2,4,7,10-11,20H,3,5-6,8-9,12H2;(H,3,4)(H,5,6). The molecule has 0 aliphatic carbocycles. The van der Waals surface area contributed by atoms with E-state index in [9.17, 15) is 0 Å². The molecule has 11 heteroatoms. The van der Waals surface area contributed by atoms with E-state index in [4.69, 9.17) is 40.9 Å². The normalized spacial score (nSPS) is 12.5. The Kier molecular flexibility index (Phi) is 7.63. The molecule has 164 valence electrons. The molecule has 4 rings (SSSR count). The Morgan fingerprint density at radius 3 is 2.68 bits per heavy atom. The van der Waals surface area contributed by atoms with Crippen molar-refractivity contribution in [1.29, 1.82) is 0 Å². The van der Waals surface area contributed by atoms with Crippen LogP contribution in [0.3, 0.4) is 0 Å². The molecule has 0 saturated heterocycles. The number of aliphatic carboxylic acids is 2. The molecule has 3 heterocycles. The van der Waals surface area contributed by atoms with Crippen LogP contribution in [0.4, 0.5) is 0 Å². The molecule has 3 aromatic rings. The van der Waals surface area contributed by atoms with E-state index in [0.717, 1.165) is 42.2 Å². The number of aromatic nitrogens is 3. The number of halogens is 1. The van der Waals surface area contributed by atoms with E-state index < -0.39 is 11.9 Å². The second-order valence-corrected chi connectivity index (χ2v) is 6.94. The van der Waals surface area contributed by atoms with E-state index >= 15 is 0 Å². The summed E-state index contributed by atoms with van der Waals surface area (Å²) < 4.78 is 13.4. The van der Waals surface area contributed by atoms with Crippen molar-refractivity contribution in [2.75, 3.05) is 19.8 Å². The topological polar surface area (TPSA) is 135 Å². The number of benzene rings is 1. The number of ether oxygens (including phenoxy) is 2. The van der Waals surface area contributed by atoms with Gasteiger partial charge in [-0.25, -0.2) is 9.59 Å². The van der Waals surface area contributed by atoms with Crippen molar-refractivity contribution in [3.8, 4) is 11.5 Å². The molecule has 1 aliphatic rings. The maximum Gasteiger partial charge on any atom is 0.414 e. The van der Waals surface area contributed by atoms with Crippen LogP contribution in [0.2, 0.25) is 5.02 Å². The SMILES string of the molecule is Clc1cc(CNCCc2nnc3ccccn23)cc2c1OCCCO2.O=C(O)C(=O)O. The first-order chi connectivity index (χ1) is 15.0. The van der Waals surface area contributed by atoms with Crippen LogP contribution in [0.15, 0.2) is 36.5 Å². The van der Waals surface area contributed by atoms with E-state index in [-0.39, 0.29) is 0 Å². The predicted octanol–water partition coefficient (Wildman–Crippen LogP) is 2.03. The van der Waals surface area contributed by atoms with Crippen LogP contribution in [0.25, 0.3) is 5.65 Å². The summed E-state index contributed by atoms with van der Waals surface area (Å²) in [6, 6.07) is 9.80. The van der Waals surface area contributed by atoms with Gasteiger partial charge in [0.1, 0.15) is 5.82 Å². The number of nitrogens with zero attached hydrogens (tertiary/aromatic N) is 3. The van der Waals surface area contributed by atoms with E-state index in [1.54, 1.807) is 0 Å². The van der Waals surface area contributed by atoms with Gasteiger partial charge in [0.15, 0.2) is 17.1 Å². The molecular weight excluding hydrogens is 428 g/mol. The summed E-state index contributed by atoms with van der Waals surface area (Å²) in [5.74, 6) is -1.33. The summed E-state index contributed by atoms with van der Waals surface area (Å²) in [6.07, 6.45) is 3.64. The molecule has 0 saturated carbocycles. The van der Waals surface area contributed by atoms with Gasteiger partial charge in [-0.15, -0.1) is 10.2 Å². The quantitative estimate of drug-likeness (QED) is 0.395. The molecule has 2 aromatic heterocycles. The largest absolute Gasteiger partial charge is 0.489 e. The van der Waals surface area contributed by atoms with Gasteiger partial charge < -0.3 is 25.0 Å². The van der Waals surface area contributed by atoms with Crippen LogP contribution in [-0.2, 0) is 22.6 Å². The first-order valence-electron chi connectivity index (χ1n) is 9.49. The summed E-state index contributed by atoms with van der Waals surface area (Å²) in [7, 11) is 0. The molecule has 0 radical (unpaired) electrons. The van der Waals surface area contributed by atoms with E-state index in [0.29, 0.717) is 30.5 Å². The lowest BCUT2D eigenvalue weighted by Gasteiger charge is -2.12. The molecule has 10 nitrogen and oxygen atoms in total. The smallest absolute Gasteiger partial charge is 0.414 e. The molecule has 1 aromatic carbocycles. The Morgan fingerprint density at radius 1 is 1.13 bits per heavy atom. The first-order valence-corrected chi connectivity index (χ1v) is 9.87. The highest BCUT2D eigenvalue weighted by atomic mass is 35.5. The first kappa shape index (κ1) is 22.3. The van der Waals surface area contributed by atoms with E-state index in [1.807, 2.05) is 40.9 Å². The zero-order valence-corrected chi connectivity index (χ0v) is 17.2. The minimum atomic E-state index is -1.82. The number of hydrogen-bond acceptors (Lipinski definition) is 7. The summed E-state index contributed by atoms with van der Waals surface area (Å²) in [6.45, 7) is 2.78. The molecule has 1 aliphatic heterocycles. The molecule has 0 amide bonds. The molecule has 0 unspecified atom stereocenters. The number of rotatable bonds is 5. The van der Waals surface area contributed by atoms with Crippen molar-refractivity contribution in [2.45, 2.75) is 19.4 Å². The summed E-state index contributed by atoms with van der Waals surface area (Å²) in [4.78, 5) is 18.2. The van der Waals surface area contributed by atoms with Gasteiger partial charge in [-0.3, -0.25) is 4.40 Å². The average Bonchev–Trinajstić information content (AvgIpc) is 3.00. The molecule has 0 fully saturated rings. The molecule has 31 heavy (non-hydrogen) atoms. The van der Waals surface area contributed by atoms with Crippen LogP contribution in [0.5, 0.6) is 11.5 Å². The summed E-state index contributed by atoms with van der Waals surface area (Å²) >= 11 is 6.32. The van der Waals surface area contributed by atoms with Crippen LogP contribution in [0, 0.1) is 0 Å². The van der Waals surface area contributed by atoms with Gasteiger partial charge in [0, 0.05) is 32.1 Å². The molecule has 3 N–H and O–H groups in total. The average molecular weight is 449 g/mol. The third kappa shape index (κ3) is 6.06. The molecule has 0 bridgehead atoms. The number of pyridine rings is 1. The van der Waals surface area contributed by atoms with Crippen molar-refractivity contribution < 1.29 is 29.3 Å². The van der Waals surface area contributed by atoms with Crippen molar-refractivity contribution >= 4 is 29.2 Å². The van der Waals surface area contributed by atoms with Crippen molar-refractivity contribution in [2.24, 2.45) is 0 Å². The summed E-state index contributed by atoms with van der Waals surface area (Å²) in [5.41, 5.74) is 1.94. The van der Waals surface area contributed by atoms with Crippen LogP contribution >= 0.6 is 11.6 Å². The Morgan fingerprint density at radius 2 is 1.90 bits per heavy atom. The maximum atomic E-state index is 9.10. The minimum absolute atomic E-state index is 0.597. The number of carboxylic acids is 2. The highest BCUT2D eigenvalue weighted by Gasteiger charge is 2.15. The lowest BCUT2D eigenvalue weighted by molar-refractivity contribution is -0.159. The monoisotopic (exact) mass is 448 g/mol. The predicted molar refractivity (Wildman–Crippen MR) is 111 cm³/mol. The Hall–Kier alpha value is -3.37. The Balaban J connectivity index is 0.000000401. The second-order valence-electron chi connectivity index (χ2n) is 6.54. The van der Waals surface area contributed by atoms with Gasteiger partial charge in [-0.1, -0.05) is 17.7 Å². The maximum absolute atomic E-state index is 9.10.